The van der Waals surface area contributed by atoms with Crippen LogP contribution in [0, 0.1) is 6.92 Å². The number of hydrogen-bond acceptors (Lipinski definition) is 2. The molecule has 0 aliphatic carbocycles. The molecule has 0 unspecified atom stereocenters. The molecule has 0 aromatic heterocycles. The molecular weight excluding hydrogens is 247 g/mol. The molecule has 0 saturated heterocycles. The molecule has 0 aliphatic rings. The van der Waals surface area contributed by atoms with Crippen LogP contribution in [0.5, 0.6) is 0 Å². The zero-order chi connectivity index (χ0) is 2.71. The first kappa shape index (κ1) is 29.2. The van der Waals surface area contributed by atoms with Crippen LogP contribution in [0.4, 0.5) is 0 Å². The third kappa shape index (κ3) is 110. The number of hydrogen-bond donors (Lipinski definition) is 0. The summed E-state index contributed by atoms with van der Waals surface area (Å²) < 4.78 is 0. The van der Waals surface area contributed by atoms with Crippen LogP contribution in [-0.4, -0.2) is 11.0 Å². The van der Waals surface area contributed by atoms with Gasteiger partial charge in [0.15, 0.2) is 0 Å². The molecule has 0 bridgehead atoms. The van der Waals surface area contributed by atoms with E-state index in [-0.39, 0.29) is 36.8 Å². The maximum absolute atomic E-state index is 3.49. The normalized spacial score (nSPS) is 3.00. The number of rotatable bonds is 0. The smallest absolute Gasteiger partial charge is 0 e. The molecular formula is C3H9HfO2-3. The van der Waals surface area contributed by atoms with E-state index in [1.54, 1.807) is 0 Å². The van der Waals surface area contributed by atoms with Crippen LogP contribution in [0.15, 0.2) is 0 Å². The van der Waals surface area contributed by atoms with E-state index < -0.39 is 0 Å². The van der Waals surface area contributed by atoms with Gasteiger partial charge in [-0.05, 0) is 0 Å². The van der Waals surface area contributed by atoms with Crippen molar-refractivity contribution in [1.29, 1.82) is 0 Å². The predicted molar refractivity (Wildman–Crippen MR) is 19.5 cm³/mol. The fourth-order valence-electron chi connectivity index (χ4n) is 0. The van der Waals surface area contributed by atoms with E-state index in [4.69, 9.17) is 0 Å². The van der Waals surface area contributed by atoms with Gasteiger partial charge in [-0.25, -0.2) is 0 Å². The first-order valence-corrected chi connectivity index (χ1v) is 1.21. The Kier molecular flexibility index (Phi) is 202. The van der Waals surface area contributed by atoms with Gasteiger partial charge in [0.1, 0.15) is 0 Å². The van der Waals surface area contributed by atoms with Crippen LogP contribution in [0.3, 0.4) is 0 Å². The molecule has 0 amide bonds. The van der Waals surface area contributed by atoms with Crippen molar-refractivity contribution in [3.8, 4) is 0 Å². The quantitative estimate of drug-likeness (QED) is 0.476. The molecule has 0 rings (SSSR count). The molecule has 6 heavy (non-hydrogen) atoms. The van der Waals surface area contributed by atoms with Crippen molar-refractivity contribution in [3.05, 3.63) is 6.92 Å². The summed E-state index contributed by atoms with van der Waals surface area (Å²) in [6.07, 6.45) is 1.00. The van der Waals surface area contributed by atoms with Crippen LogP contribution in [-0.2, 0) is 25.8 Å². The van der Waals surface area contributed by atoms with E-state index in [1.165, 1.54) is 0 Å². The summed E-state index contributed by atoms with van der Waals surface area (Å²) in [6, 6.07) is 0. The van der Waals surface area contributed by atoms with E-state index in [0.29, 0.717) is 0 Å². The predicted octanol–water partition coefficient (Wildman–Crippen LogP) is 0.874. The van der Waals surface area contributed by atoms with Crippen LogP contribution >= 0.6 is 0 Å². The largest absolute Gasteiger partial charge is 0.870 e. The SMILES string of the molecule is [CH2-]CC.[Hf].[OH-].[OH-]. The Balaban J connectivity index is -0.00000000667. The summed E-state index contributed by atoms with van der Waals surface area (Å²) in [7, 11) is 0. The van der Waals surface area contributed by atoms with Crippen LogP contribution in [0.1, 0.15) is 13.3 Å². The summed E-state index contributed by atoms with van der Waals surface area (Å²) in [4.78, 5) is 0. The molecule has 0 saturated carbocycles. The molecule has 0 spiro atoms. The monoisotopic (exact) mass is 257 g/mol. The summed E-state index contributed by atoms with van der Waals surface area (Å²) in [5, 5.41) is 0. The molecule has 3 heteroatoms. The second-order valence-electron chi connectivity index (χ2n) is 0.500. The van der Waals surface area contributed by atoms with Gasteiger partial charge < -0.3 is 17.9 Å². The van der Waals surface area contributed by atoms with E-state index >= 15 is 0 Å². The second kappa shape index (κ2) is 41.5. The van der Waals surface area contributed by atoms with Gasteiger partial charge in [0, 0.05) is 25.8 Å². The molecule has 0 fully saturated rings. The third-order valence-electron chi connectivity index (χ3n) is 0. The van der Waals surface area contributed by atoms with E-state index in [9.17, 15) is 0 Å². The van der Waals surface area contributed by atoms with Gasteiger partial charge >= 0.3 is 0 Å². The molecule has 2 N–H and O–H groups in total. The van der Waals surface area contributed by atoms with Gasteiger partial charge in [0.25, 0.3) is 0 Å². The Morgan fingerprint density at radius 2 is 1.33 bits per heavy atom. The maximum atomic E-state index is 3.49. The van der Waals surface area contributed by atoms with Gasteiger partial charge in [-0.15, -0.1) is 0 Å². The van der Waals surface area contributed by atoms with E-state index in [0.717, 1.165) is 6.42 Å². The molecule has 0 aromatic rings. The molecule has 0 radical (unpaired) electrons. The topological polar surface area (TPSA) is 60.0 Å². The maximum Gasteiger partial charge on any atom is 0 e. The Morgan fingerprint density at radius 1 is 1.33 bits per heavy atom. The standard InChI is InChI=1S/C3H7.Hf.2H2O/c1-3-2;;;/h1,3H2,2H3;;2*1H2/q-1;;;/p-2. The third-order valence-corrected chi connectivity index (χ3v) is 0. The Labute approximate surface area is 57.3 Å². The summed E-state index contributed by atoms with van der Waals surface area (Å²) in [5.74, 6) is 0. The van der Waals surface area contributed by atoms with Crippen LogP contribution < -0.4 is 0 Å². The zero-order valence-electron chi connectivity index (χ0n) is 3.81. The van der Waals surface area contributed by atoms with E-state index in [1.807, 2.05) is 6.92 Å². The molecule has 0 aliphatic heterocycles. The molecule has 0 aromatic carbocycles. The van der Waals surface area contributed by atoms with Gasteiger partial charge in [-0.3, -0.25) is 0 Å². The van der Waals surface area contributed by atoms with Crippen molar-refractivity contribution in [1.82, 2.24) is 0 Å². The minimum absolute atomic E-state index is 0. The van der Waals surface area contributed by atoms with Gasteiger partial charge in [-0.2, -0.15) is 6.42 Å². The summed E-state index contributed by atoms with van der Waals surface area (Å²) in [5.41, 5.74) is 0. The average Bonchev–Trinajstić information content (AvgIpc) is 0.918. The van der Waals surface area contributed by atoms with Crippen LogP contribution in [0.2, 0.25) is 0 Å². The zero-order valence-corrected chi connectivity index (χ0v) is 7.40. The van der Waals surface area contributed by atoms with Crippen molar-refractivity contribution >= 4 is 0 Å². The molecule has 40 valence electrons. The van der Waals surface area contributed by atoms with Gasteiger partial charge in [-0.1, -0.05) is 6.92 Å². The van der Waals surface area contributed by atoms with Gasteiger partial charge in [0.05, 0.1) is 0 Å². The van der Waals surface area contributed by atoms with Crippen LogP contribution in [0.25, 0.3) is 0 Å². The van der Waals surface area contributed by atoms with Crippen molar-refractivity contribution in [3.63, 3.8) is 0 Å². The minimum atomic E-state index is 0. The molecule has 0 heterocycles. The van der Waals surface area contributed by atoms with E-state index in [2.05, 4.69) is 6.92 Å². The Hall–Kier alpha value is 0.790. The second-order valence-corrected chi connectivity index (χ2v) is 0.500. The molecule has 0 atom stereocenters. The Morgan fingerprint density at radius 3 is 1.33 bits per heavy atom. The fraction of sp³-hybridized carbons (Fsp3) is 0.667. The fourth-order valence-corrected chi connectivity index (χ4v) is 0. The first-order valence-electron chi connectivity index (χ1n) is 1.21. The minimum Gasteiger partial charge on any atom is -0.870 e. The first-order chi connectivity index (χ1) is 1.41. The van der Waals surface area contributed by atoms with Crippen molar-refractivity contribution in [2.75, 3.05) is 0 Å². The van der Waals surface area contributed by atoms with Crippen molar-refractivity contribution in [2.24, 2.45) is 0 Å². The van der Waals surface area contributed by atoms with Crippen molar-refractivity contribution < 1.29 is 36.8 Å². The molecule has 2 nitrogen and oxygen atoms in total. The summed E-state index contributed by atoms with van der Waals surface area (Å²) >= 11 is 0. The van der Waals surface area contributed by atoms with Crippen molar-refractivity contribution in [2.45, 2.75) is 13.3 Å². The van der Waals surface area contributed by atoms with Gasteiger partial charge in [0.2, 0.25) is 0 Å². The average molecular weight is 256 g/mol. The Bertz CT molecular complexity index is 8.75. The summed E-state index contributed by atoms with van der Waals surface area (Å²) in [6.45, 7) is 5.50.